The van der Waals surface area contributed by atoms with E-state index in [9.17, 15) is 40.9 Å². The first-order valence-electron chi connectivity index (χ1n) is 17.4. The van der Waals surface area contributed by atoms with Crippen LogP contribution in [0.2, 0.25) is 0 Å². The molecule has 266 valence electrons. The van der Waals surface area contributed by atoms with Crippen LogP contribution in [0.15, 0.2) is 12.2 Å². The lowest BCUT2D eigenvalue weighted by Crippen LogP contribution is -2.70. The molecular weight excluding hydrogens is 596 g/mol. The molecule has 5 fully saturated rings. The zero-order valence-electron chi connectivity index (χ0n) is 28.4. The molecule has 4 saturated carbocycles. The second-order valence-corrected chi connectivity index (χ2v) is 16.2. The van der Waals surface area contributed by atoms with E-state index >= 15 is 0 Å². The predicted octanol–water partition coefficient (Wildman–Crippen LogP) is 0.969. The molecule has 11 heteroatoms. The van der Waals surface area contributed by atoms with Gasteiger partial charge in [0.05, 0.1) is 43.2 Å². The summed E-state index contributed by atoms with van der Waals surface area (Å²) < 4.78 is 16.7. The lowest BCUT2D eigenvalue weighted by Gasteiger charge is -2.66. The van der Waals surface area contributed by atoms with Gasteiger partial charge in [-0.25, -0.2) is 0 Å². The van der Waals surface area contributed by atoms with Crippen LogP contribution in [0.3, 0.4) is 0 Å². The molecule has 46 heavy (non-hydrogen) atoms. The van der Waals surface area contributed by atoms with E-state index in [0.717, 1.165) is 12.8 Å². The molecule has 0 aromatic carbocycles. The Hall–Kier alpha value is -0.700. The molecule has 0 amide bonds. The van der Waals surface area contributed by atoms with E-state index in [4.69, 9.17) is 14.2 Å². The fourth-order valence-electron chi connectivity index (χ4n) is 11.0. The van der Waals surface area contributed by atoms with Gasteiger partial charge in [0.15, 0.2) is 6.29 Å². The topological polar surface area (TPSA) is 190 Å². The van der Waals surface area contributed by atoms with Crippen molar-refractivity contribution in [3.05, 3.63) is 12.2 Å². The molecule has 4 aliphatic carbocycles. The monoisotopic (exact) mass is 656 g/mol. The molecule has 11 nitrogen and oxygen atoms in total. The van der Waals surface area contributed by atoms with Crippen molar-refractivity contribution >= 4 is 0 Å². The van der Waals surface area contributed by atoms with Crippen LogP contribution in [0.4, 0.5) is 0 Å². The molecule has 8 N–H and O–H groups in total. The van der Waals surface area contributed by atoms with E-state index in [2.05, 4.69) is 39.8 Å². The third-order valence-electron chi connectivity index (χ3n) is 13.7. The predicted molar refractivity (Wildman–Crippen MR) is 168 cm³/mol. The Morgan fingerprint density at radius 1 is 0.870 bits per heavy atom. The molecule has 0 radical (unpaired) electrons. The summed E-state index contributed by atoms with van der Waals surface area (Å²) >= 11 is 0. The smallest absolute Gasteiger partial charge is 0.186 e. The molecule has 5 aliphatic rings. The van der Waals surface area contributed by atoms with Gasteiger partial charge < -0.3 is 55.1 Å². The Morgan fingerprint density at radius 2 is 1.54 bits per heavy atom. The summed E-state index contributed by atoms with van der Waals surface area (Å²) in [5.41, 5.74) is -2.15. The van der Waals surface area contributed by atoms with Gasteiger partial charge in [0.1, 0.15) is 24.4 Å². The number of aliphatic hydroxyl groups excluding tert-OH is 7. The maximum absolute atomic E-state index is 12.5. The Bertz CT molecular complexity index is 1080. The Labute approximate surface area is 273 Å². The minimum atomic E-state index is -1.27. The van der Waals surface area contributed by atoms with Gasteiger partial charge in [0, 0.05) is 25.4 Å². The lowest BCUT2D eigenvalue weighted by atomic mass is 9.41. The summed E-state index contributed by atoms with van der Waals surface area (Å²) in [5.74, 6) is -0.708. The van der Waals surface area contributed by atoms with Crippen molar-refractivity contribution in [2.75, 3.05) is 20.3 Å². The normalized spacial score (nSPS) is 52.9. The molecule has 1 heterocycles. The van der Waals surface area contributed by atoms with Crippen molar-refractivity contribution in [3.63, 3.8) is 0 Å². The van der Waals surface area contributed by atoms with Crippen LogP contribution in [-0.4, -0.2) is 122 Å². The minimum absolute atomic E-state index is 0.0510. The van der Waals surface area contributed by atoms with E-state index in [1.165, 1.54) is 7.11 Å². The standard InChI is InChI=1S/C35H60O11/c1-17(19(3)16-45-32-29(42)30(44-6)28(41)24(15-36)46-32)7-8-18(2)20-13-22(38)31-33(20,4)12-10-25-34(5)11-9-21(37)27(40)26(34)23(39)14-35(25,31)43/h7-8,17-32,36-43H,9-16H2,1-6H3/b8-7+/t17-,18-,19-,20-,21+,22-,23+,24-,25-,26+,27+,28-,29-,30+,31-,32-,33-,34-,35+/m1/s1. The molecule has 0 unspecified atom stereocenters. The van der Waals surface area contributed by atoms with E-state index in [1.54, 1.807) is 0 Å². The second-order valence-electron chi connectivity index (χ2n) is 16.2. The Kier molecular flexibility index (Phi) is 10.8. The molecule has 0 aromatic rings. The Morgan fingerprint density at radius 3 is 2.20 bits per heavy atom. The van der Waals surface area contributed by atoms with Gasteiger partial charge in [0.25, 0.3) is 0 Å². The van der Waals surface area contributed by atoms with Gasteiger partial charge in [-0.05, 0) is 72.5 Å². The highest BCUT2D eigenvalue weighted by Crippen LogP contribution is 2.69. The largest absolute Gasteiger partial charge is 0.394 e. The lowest BCUT2D eigenvalue weighted by molar-refractivity contribution is -0.306. The number of rotatable bonds is 9. The van der Waals surface area contributed by atoms with Crippen molar-refractivity contribution in [2.24, 2.45) is 52.3 Å². The van der Waals surface area contributed by atoms with Crippen LogP contribution in [0.25, 0.3) is 0 Å². The van der Waals surface area contributed by atoms with Gasteiger partial charge >= 0.3 is 0 Å². The quantitative estimate of drug-likeness (QED) is 0.165. The summed E-state index contributed by atoms with van der Waals surface area (Å²) in [7, 11) is 1.38. The number of aliphatic hydroxyl groups is 8. The molecule has 1 saturated heterocycles. The first kappa shape index (κ1) is 36.6. The number of hydrogen-bond donors (Lipinski definition) is 8. The van der Waals surface area contributed by atoms with E-state index in [1.807, 2.05) is 6.92 Å². The molecular formula is C35H60O11. The summed E-state index contributed by atoms with van der Waals surface area (Å²) in [6, 6.07) is 0. The maximum Gasteiger partial charge on any atom is 0.186 e. The van der Waals surface area contributed by atoms with Gasteiger partial charge in [-0.15, -0.1) is 0 Å². The third-order valence-corrected chi connectivity index (χ3v) is 13.7. The molecule has 1 aliphatic heterocycles. The molecule has 0 aromatic heterocycles. The Balaban J connectivity index is 1.24. The van der Waals surface area contributed by atoms with Crippen molar-refractivity contribution in [3.8, 4) is 0 Å². The van der Waals surface area contributed by atoms with E-state index < -0.39 is 84.6 Å². The van der Waals surface area contributed by atoms with Crippen LogP contribution in [-0.2, 0) is 14.2 Å². The maximum atomic E-state index is 12.5. The zero-order chi connectivity index (χ0) is 33.9. The first-order valence-corrected chi connectivity index (χ1v) is 17.4. The summed E-state index contributed by atoms with van der Waals surface area (Å²) in [6.07, 6.45) is -1.25. The van der Waals surface area contributed by atoms with Crippen molar-refractivity contribution < 1.29 is 55.1 Å². The fraction of sp³-hybridized carbons (Fsp3) is 0.943. The summed E-state index contributed by atoms with van der Waals surface area (Å²) in [5, 5.41) is 87.2. The second kappa shape index (κ2) is 13.5. The minimum Gasteiger partial charge on any atom is -0.394 e. The van der Waals surface area contributed by atoms with E-state index in [0.29, 0.717) is 19.3 Å². The molecule has 19 atom stereocenters. The highest BCUT2D eigenvalue weighted by Gasteiger charge is 2.71. The first-order chi connectivity index (χ1) is 21.5. The van der Waals surface area contributed by atoms with Gasteiger partial charge in [-0.1, -0.05) is 46.8 Å². The van der Waals surface area contributed by atoms with Crippen LogP contribution < -0.4 is 0 Å². The molecule has 0 spiro atoms. The number of fused-ring (bicyclic) bond motifs is 5. The zero-order valence-corrected chi connectivity index (χ0v) is 28.4. The van der Waals surface area contributed by atoms with Gasteiger partial charge in [-0.2, -0.15) is 0 Å². The number of ether oxygens (including phenoxy) is 3. The van der Waals surface area contributed by atoms with Crippen LogP contribution in [0.1, 0.15) is 73.1 Å². The van der Waals surface area contributed by atoms with Gasteiger partial charge in [-0.3, -0.25) is 0 Å². The highest BCUT2D eigenvalue weighted by molar-refractivity contribution is 5.21. The summed E-state index contributed by atoms with van der Waals surface area (Å²) in [4.78, 5) is 0. The van der Waals surface area contributed by atoms with E-state index in [-0.39, 0.29) is 48.0 Å². The SMILES string of the molecule is CO[C@@H]1[C@@H](O)[C@H](OC[C@@H](C)[C@H](C)/C=C/[C@@H](C)[C@H]2C[C@@H](O)[C@@H]3[C@]2(C)CC[C@@H]2[C@@]4(C)CC[C@H](O)[C@H](O)[C@@H]4[C@@H](O)C[C@]23O)O[C@H](CO)[C@H]1O. The number of hydrogen-bond acceptors (Lipinski definition) is 11. The average Bonchev–Trinajstić information content (AvgIpc) is 3.28. The van der Waals surface area contributed by atoms with Crippen LogP contribution in [0, 0.1) is 52.3 Å². The molecule has 5 rings (SSSR count). The van der Waals surface area contributed by atoms with Gasteiger partial charge in [0.2, 0.25) is 0 Å². The average molecular weight is 657 g/mol. The summed E-state index contributed by atoms with van der Waals surface area (Å²) in [6.45, 7) is 10.4. The van der Waals surface area contributed by atoms with Crippen molar-refractivity contribution in [2.45, 2.75) is 134 Å². The third kappa shape index (κ3) is 5.93. The highest BCUT2D eigenvalue weighted by atomic mass is 16.7. The fourth-order valence-corrected chi connectivity index (χ4v) is 11.0. The number of allylic oxidation sites excluding steroid dienone is 2. The van der Waals surface area contributed by atoms with Crippen molar-refractivity contribution in [1.82, 2.24) is 0 Å². The number of methoxy groups -OCH3 is 1. The van der Waals surface area contributed by atoms with Crippen LogP contribution in [0.5, 0.6) is 0 Å². The molecule has 0 bridgehead atoms. The van der Waals surface area contributed by atoms with Crippen LogP contribution >= 0.6 is 0 Å². The van der Waals surface area contributed by atoms with Crippen molar-refractivity contribution in [1.29, 1.82) is 0 Å².